The molecule has 0 aliphatic heterocycles. The maximum atomic E-state index is 4.35. The van der Waals surface area contributed by atoms with Crippen molar-refractivity contribution < 1.29 is 0 Å². The van der Waals surface area contributed by atoms with Crippen LogP contribution in [0.25, 0.3) is 0 Å². The Bertz CT molecular complexity index is 441. The third-order valence-corrected chi connectivity index (χ3v) is 4.19. The quantitative estimate of drug-likeness (QED) is 0.441. The molecule has 0 bridgehead atoms. The normalized spacial score (nSPS) is 17.2. The molecule has 1 aliphatic rings. The summed E-state index contributed by atoms with van der Waals surface area (Å²) >= 11 is 0. The van der Waals surface area contributed by atoms with Crippen LogP contribution in [0.2, 0.25) is 0 Å². The molecule has 0 aromatic heterocycles. The van der Waals surface area contributed by atoms with E-state index >= 15 is 0 Å². The summed E-state index contributed by atoms with van der Waals surface area (Å²) in [5.74, 6) is 0.921. The van der Waals surface area contributed by atoms with E-state index in [1.165, 1.54) is 31.2 Å². The minimum absolute atomic E-state index is 0. The first-order chi connectivity index (χ1) is 10.2. The SMILES string of the molecule is CN=C(NCC(c1ccccc1)N(C)C)NC1CCCC1.I. The predicted molar refractivity (Wildman–Crippen MR) is 105 cm³/mol. The highest BCUT2D eigenvalue weighted by molar-refractivity contribution is 14.0. The van der Waals surface area contributed by atoms with E-state index in [1.54, 1.807) is 0 Å². The van der Waals surface area contributed by atoms with Gasteiger partial charge in [0.25, 0.3) is 0 Å². The highest BCUT2D eigenvalue weighted by Gasteiger charge is 2.18. The van der Waals surface area contributed by atoms with Crippen LogP contribution in [-0.4, -0.2) is 44.6 Å². The monoisotopic (exact) mass is 416 g/mol. The Morgan fingerprint density at radius 3 is 2.41 bits per heavy atom. The fraction of sp³-hybridized carbons (Fsp3) is 0.588. The van der Waals surface area contributed by atoms with Crippen LogP contribution in [0.1, 0.15) is 37.3 Å². The minimum atomic E-state index is 0. The highest BCUT2D eigenvalue weighted by atomic mass is 127. The van der Waals surface area contributed by atoms with Gasteiger partial charge >= 0.3 is 0 Å². The number of benzene rings is 1. The summed E-state index contributed by atoms with van der Waals surface area (Å²) in [5, 5.41) is 7.01. The summed E-state index contributed by atoms with van der Waals surface area (Å²) in [6.07, 6.45) is 5.19. The summed E-state index contributed by atoms with van der Waals surface area (Å²) in [6, 6.07) is 11.5. The number of guanidine groups is 1. The van der Waals surface area contributed by atoms with E-state index in [0.717, 1.165) is 12.5 Å². The summed E-state index contributed by atoms with van der Waals surface area (Å²) < 4.78 is 0. The molecular weight excluding hydrogens is 387 g/mol. The molecule has 1 aliphatic carbocycles. The summed E-state index contributed by atoms with van der Waals surface area (Å²) in [7, 11) is 6.08. The molecular formula is C17H29IN4. The molecule has 0 amide bonds. The van der Waals surface area contributed by atoms with E-state index in [1.807, 2.05) is 7.05 Å². The molecule has 0 saturated heterocycles. The molecule has 0 radical (unpaired) electrons. The average molecular weight is 416 g/mol. The van der Waals surface area contributed by atoms with Gasteiger partial charge in [-0.25, -0.2) is 0 Å². The maximum absolute atomic E-state index is 4.35. The van der Waals surface area contributed by atoms with Crippen molar-refractivity contribution >= 4 is 29.9 Å². The van der Waals surface area contributed by atoms with Gasteiger partial charge in [0.1, 0.15) is 0 Å². The molecule has 124 valence electrons. The van der Waals surface area contributed by atoms with Gasteiger partial charge in [-0.1, -0.05) is 43.2 Å². The van der Waals surface area contributed by atoms with Crippen molar-refractivity contribution in [1.82, 2.24) is 15.5 Å². The van der Waals surface area contributed by atoms with Crippen LogP contribution < -0.4 is 10.6 Å². The van der Waals surface area contributed by atoms with Crippen LogP contribution in [0.4, 0.5) is 0 Å². The number of nitrogens with zero attached hydrogens (tertiary/aromatic N) is 2. The van der Waals surface area contributed by atoms with Gasteiger partial charge in [0.05, 0.1) is 6.04 Å². The van der Waals surface area contributed by atoms with E-state index in [2.05, 4.69) is 65.0 Å². The number of hydrogen-bond acceptors (Lipinski definition) is 2. The lowest BCUT2D eigenvalue weighted by molar-refractivity contribution is 0.298. The zero-order chi connectivity index (χ0) is 15.1. The van der Waals surface area contributed by atoms with Gasteiger partial charge in [-0.2, -0.15) is 0 Å². The van der Waals surface area contributed by atoms with E-state index in [-0.39, 0.29) is 24.0 Å². The second kappa shape index (κ2) is 10.0. The van der Waals surface area contributed by atoms with Crippen molar-refractivity contribution in [3.05, 3.63) is 35.9 Å². The van der Waals surface area contributed by atoms with Crippen molar-refractivity contribution in [2.45, 2.75) is 37.8 Å². The molecule has 4 nitrogen and oxygen atoms in total. The largest absolute Gasteiger partial charge is 0.354 e. The van der Waals surface area contributed by atoms with E-state index in [4.69, 9.17) is 0 Å². The van der Waals surface area contributed by atoms with Crippen LogP contribution in [0.3, 0.4) is 0 Å². The van der Waals surface area contributed by atoms with Crippen LogP contribution in [0, 0.1) is 0 Å². The summed E-state index contributed by atoms with van der Waals surface area (Å²) in [5.41, 5.74) is 1.33. The fourth-order valence-corrected chi connectivity index (χ4v) is 2.93. The fourth-order valence-electron chi connectivity index (χ4n) is 2.93. The molecule has 0 spiro atoms. The Balaban J connectivity index is 0.00000242. The van der Waals surface area contributed by atoms with Gasteiger partial charge < -0.3 is 15.5 Å². The van der Waals surface area contributed by atoms with E-state index in [9.17, 15) is 0 Å². The summed E-state index contributed by atoms with van der Waals surface area (Å²) in [6.45, 7) is 0.851. The smallest absolute Gasteiger partial charge is 0.191 e. The molecule has 1 aromatic rings. The van der Waals surface area contributed by atoms with Gasteiger partial charge in [-0.05, 0) is 32.5 Å². The first kappa shape index (κ1) is 19.2. The van der Waals surface area contributed by atoms with Crippen LogP contribution in [-0.2, 0) is 0 Å². The van der Waals surface area contributed by atoms with Gasteiger partial charge in [0.15, 0.2) is 5.96 Å². The first-order valence-corrected chi connectivity index (χ1v) is 7.89. The number of aliphatic imine (C=N–C) groups is 1. The molecule has 1 atom stereocenters. The predicted octanol–water partition coefficient (Wildman–Crippen LogP) is 3.01. The third-order valence-electron chi connectivity index (χ3n) is 4.19. The Labute approximate surface area is 151 Å². The van der Waals surface area contributed by atoms with Gasteiger partial charge in [-0.15, -0.1) is 24.0 Å². The van der Waals surface area contributed by atoms with Crippen molar-refractivity contribution in [1.29, 1.82) is 0 Å². The van der Waals surface area contributed by atoms with Crippen LogP contribution >= 0.6 is 24.0 Å². The van der Waals surface area contributed by atoms with Gasteiger partial charge in [-0.3, -0.25) is 4.99 Å². The molecule has 2 N–H and O–H groups in total. The molecule has 1 unspecified atom stereocenters. The maximum Gasteiger partial charge on any atom is 0.191 e. The van der Waals surface area contributed by atoms with E-state index in [0.29, 0.717) is 12.1 Å². The summed E-state index contributed by atoms with van der Waals surface area (Å²) in [4.78, 5) is 6.59. The molecule has 0 heterocycles. The Morgan fingerprint density at radius 1 is 1.23 bits per heavy atom. The number of likely N-dealkylation sites (N-methyl/N-ethyl adjacent to an activating group) is 1. The minimum Gasteiger partial charge on any atom is -0.354 e. The van der Waals surface area contributed by atoms with E-state index < -0.39 is 0 Å². The topological polar surface area (TPSA) is 39.7 Å². The molecule has 2 rings (SSSR count). The van der Waals surface area contributed by atoms with Crippen molar-refractivity contribution in [3.63, 3.8) is 0 Å². The first-order valence-electron chi connectivity index (χ1n) is 7.89. The van der Waals surface area contributed by atoms with Gasteiger partial charge in [0, 0.05) is 19.6 Å². The standard InChI is InChI=1S/C17H28N4.HI/c1-18-17(20-15-11-7-8-12-15)19-13-16(21(2)3)14-9-5-4-6-10-14;/h4-6,9-10,15-16H,7-8,11-13H2,1-3H3,(H2,18,19,20);1H. The number of halogens is 1. The zero-order valence-corrected chi connectivity index (χ0v) is 16.2. The molecule has 1 fully saturated rings. The molecule has 1 saturated carbocycles. The highest BCUT2D eigenvalue weighted by Crippen LogP contribution is 2.18. The van der Waals surface area contributed by atoms with Crippen LogP contribution in [0.5, 0.6) is 0 Å². The molecule has 1 aromatic carbocycles. The van der Waals surface area contributed by atoms with Crippen molar-refractivity contribution in [3.8, 4) is 0 Å². The lowest BCUT2D eigenvalue weighted by Gasteiger charge is -2.26. The zero-order valence-electron chi connectivity index (χ0n) is 13.9. The molecule has 5 heteroatoms. The average Bonchev–Trinajstić information content (AvgIpc) is 3.00. The Morgan fingerprint density at radius 2 is 1.86 bits per heavy atom. The lowest BCUT2D eigenvalue weighted by Crippen LogP contribution is -2.45. The van der Waals surface area contributed by atoms with Crippen LogP contribution in [0.15, 0.2) is 35.3 Å². The molecule has 22 heavy (non-hydrogen) atoms. The third kappa shape index (κ3) is 5.76. The lowest BCUT2D eigenvalue weighted by atomic mass is 10.1. The second-order valence-electron chi connectivity index (χ2n) is 5.97. The number of nitrogens with one attached hydrogen (secondary N) is 2. The van der Waals surface area contributed by atoms with Gasteiger partial charge in [0.2, 0.25) is 0 Å². The number of rotatable bonds is 5. The van der Waals surface area contributed by atoms with Crippen molar-refractivity contribution in [2.24, 2.45) is 4.99 Å². The Kier molecular flexibility index (Phi) is 8.78. The second-order valence-corrected chi connectivity index (χ2v) is 5.97. The number of hydrogen-bond donors (Lipinski definition) is 2. The Hall–Kier alpha value is -0.820. The van der Waals surface area contributed by atoms with Crippen molar-refractivity contribution in [2.75, 3.05) is 27.7 Å².